The molecule has 126 valence electrons. The van der Waals surface area contributed by atoms with Gasteiger partial charge in [0.05, 0.1) is 18.9 Å². The maximum absolute atomic E-state index is 3.98. The lowest BCUT2D eigenvalue weighted by atomic mass is 10.2. The van der Waals surface area contributed by atoms with Crippen LogP contribution in [0.15, 0.2) is 79.4 Å². The highest BCUT2D eigenvalue weighted by Crippen LogP contribution is 2.14. The Bertz CT molecular complexity index is 649. The number of hydrazine groups is 1. The topological polar surface area (TPSA) is 55.9 Å². The Morgan fingerprint density at radius 3 is 2.42 bits per heavy atom. The van der Waals surface area contributed by atoms with E-state index in [0.717, 1.165) is 23.7 Å². The first-order valence-electron chi connectivity index (χ1n) is 7.97. The Morgan fingerprint density at radius 2 is 1.75 bits per heavy atom. The van der Waals surface area contributed by atoms with E-state index in [4.69, 9.17) is 0 Å². The highest BCUT2D eigenvalue weighted by Gasteiger charge is 1.99. The maximum atomic E-state index is 3.98. The molecule has 0 aliphatic heterocycles. The van der Waals surface area contributed by atoms with E-state index in [2.05, 4.69) is 34.9 Å². The van der Waals surface area contributed by atoms with Gasteiger partial charge in [-0.3, -0.25) is 10.9 Å². The Hall–Kier alpha value is -2.92. The lowest BCUT2D eigenvalue weighted by Gasteiger charge is -2.19. The van der Waals surface area contributed by atoms with Crippen molar-refractivity contribution in [3.05, 3.63) is 85.0 Å². The fourth-order valence-corrected chi connectivity index (χ4v) is 2.01. The minimum absolute atomic E-state index is 0.763. The molecule has 0 saturated carbocycles. The van der Waals surface area contributed by atoms with Crippen molar-refractivity contribution >= 4 is 11.4 Å². The summed E-state index contributed by atoms with van der Waals surface area (Å²) in [6.45, 7) is 4.79. The van der Waals surface area contributed by atoms with Crippen LogP contribution in [0.25, 0.3) is 0 Å². The Labute approximate surface area is 144 Å². The molecule has 0 aliphatic rings. The van der Waals surface area contributed by atoms with Crippen LogP contribution in [0.4, 0.5) is 11.4 Å². The van der Waals surface area contributed by atoms with Gasteiger partial charge in [-0.15, -0.1) is 0 Å². The summed E-state index contributed by atoms with van der Waals surface area (Å²) >= 11 is 0. The van der Waals surface area contributed by atoms with Gasteiger partial charge in [-0.2, -0.15) is 0 Å². The number of anilines is 2. The van der Waals surface area contributed by atoms with Crippen molar-refractivity contribution in [2.75, 3.05) is 24.8 Å². The highest BCUT2D eigenvalue weighted by atomic mass is 15.4. The minimum Gasteiger partial charge on any atom is -0.381 e. The van der Waals surface area contributed by atoms with Crippen LogP contribution >= 0.6 is 0 Å². The zero-order chi connectivity index (χ0) is 17.2. The molecule has 0 aliphatic carbocycles. The van der Waals surface area contributed by atoms with Crippen LogP contribution in [0.2, 0.25) is 0 Å². The summed E-state index contributed by atoms with van der Waals surface area (Å²) < 4.78 is 0. The lowest BCUT2D eigenvalue weighted by Crippen LogP contribution is -2.72. The van der Waals surface area contributed by atoms with E-state index >= 15 is 0 Å². The van der Waals surface area contributed by atoms with Gasteiger partial charge in [-0.05, 0) is 29.8 Å². The van der Waals surface area contributed by atoms with E-state index in [1.807, 2.05) is 79.2 Å². The monoisotopic (exact) mass is 324 g/mol. The molecule has 0 spiro atoms. The number of rotatable bonds is 9. The van der Waals surface area contributed by atoms with Gasteiger partial charge in [0.1, 0.15) is 12.0 Å². The fourth-order valence-electron chi connectivity index (χ4n) is 2.01. The van der Waals surface area contributed by atoms with Crippen LogP contribution in [-0.2, 0) is 6.54 Å². The molecule has 0 radical (unpaired) electrons. The fraction of sp³-hybridized carbons (Fsp3) is 0.158. The van der Waals surface area contributed by atoms with Gasteiger partial charge in [-0.25, -0.2) is 0 Å². The van der Waals surface area contributed by atoms with Crippen molar-refractivity contribution in [3.63, 3.8) is 0 Å². The predicted molar refractivity (Wildman–Crippen MR) is 101 cm³/mol. The molecule has 0 amide bonds. The highest BCUT2D eigenvalue weighted by molar-refractivity contribution is 5.53. The summed E-state index contributed by atoms with van der Waals surface area (Å²) in [5, 5.41) is 5.38. The first-order chi connectivity index (χ1) is 11.7. The molecule has 2 aromatic rings. The van der Waals surface area contributed by atoms with E-state index in [-0.39, 0.29) is 0 Å². The second-order valence-electron chi connectivity index (χ2n) is 5.40. The third-order valence-electron chi connectivity index (χ3n) is 3.50. The van der Waals surface area contributed by atoms with Crippen LogP contribution in [0, 0.1) is 0 Å². The molecular weight excluding hydrogens is 298 g/mol. The summed E-state index contributed by atoms with van der Waals surface area (Å²) in [4.78, 5) is 1.91. The van der Waals surface area contributed by atoms with Crippen molar-refractivity contribution in [1.29, 1.82) is 0 Å². The molecule has 0 saturated heterocycles. The molecule has 24 heavy (non-hydrogen) atoms. The summed E-state index contributed by atoms with van der Waals surface area (Å²) in [6, 6.07) is 18.5. The number of quaternary nitrogens is 1. The average Bonchev–Trinajstić information content (AvgIpc) is 2.64. The number of hydrogen-bond acceptors (Lipinski definition) is 4. The number of benzene rings is 2. The molecule has 0 fully saturated rings. The van der Waals surface area contributed by atoms with Crippen molar-refractivity contribution < 1.29 is 5.32 Å². The Kier molecular flexibility index (Phi) is 6.73. The molecule has 5 heteroatoms. The zero-order valence-electron chi connectivity index (χ0n) is 14.3. The van der Waals surface area contributed by atoms with Gasteiger partial charge in [0, 0.05) is 19.3 Å². The summed E-state index contributed by atoms with van der Waals surface area (Å²) in [7, 11) is 3.92. The first kappa shape index (κ1) is 17.4. The Morgan fingerprint density at radius 1 is 1.08 bits per heavy atom. The van der Waals surface area contributed by atoms with Gasteiger partial charge in [0.25, 0.3) is 0 Å². The lowest BCUT2D eigenvalue weighted by molar-refractivity contribution is -0.557. The average molecular weight is 324 g/mol. The quantitative estimate of drug-likeness (QED) is 0.535. The van der Waals surface area contributed by atoms with E-state index in [1.165, 1.54) is 5.56 Å². The van der Waals surface area contributed by atoms with Crippen LogP contribution in [0.1, 0.15) is 5.56 Å². The predicted octanol–water partition coefficient (Wildman–Crippen LogP) is 2.28. The molecule has 0 bridgehead atoms. The Balaban J connectivity index is 1.79. The van der Waals surface area contributed by atoms with Gasteiger partial charge < -0.3 is 15.5 Å². The van der Waals surface area contributed by atoms with E-state index in [9.17, 15) is 0 Å². The van der Waals surface area contributed by atoms with Crippen molar-refractivity contribution in [2.24, 2.45) is 0 Å². The number of nitrogens with zero attached hydrogens (tertiary/aromatic N) is 1. The molecule has 5 nitrogen and oxygen atoms in total. The standard InChI is InChI=1S/C19H25N5/c1-16(24(3)14-13-20-2)22-23-19-11-9-18(10-12-19)21-15-17-7-5-4-6-8-17/h4-14,20-23H,1,15H2,2-3H3/p+1. The van der Waals surface area contributed by atoms with Crippen LogP contribution < -0.4 is 21.5 Å². The molecule has 0 atom stereocenters. The van der Waals surface area contributed by atoms with Crippen LogP contribution in [-0.4, -0.2) is 19.0 Å². The van der Waals surface area contributed by atoms with Crippen molar-refractivity contribution in [3.8, 4) is 0 Å². The second-order valence-corrected chi connectivity index (χ2v) is 5.40. The third-order valence-corrected chi connectivity index (χ3v) is 3.50. The van der Waals surface area contributed by atoms with Crippen molar-refractivity contribution in [2.45, 2.75) is 6.54 Å². The molecule has 0 aromatic heterocycles. The van der Waals surface area contributed by atoms with Crippen molar-refractivity contribution in [1.82, 2.24) is 10.3 Å². The molecule has 2 rings (SSSR count). The SMILES string of the molecule is C=C(NNc1ccc(NCc2ccccc2)cc1)N(C)C=C[NH2+]C. The smallest absolute Gasteiger partial charge is 0.117 e. The van der Waals surface area contributed by atoms with E-state index in [1.54, 1.807) is 0 Å². The number of nitrogens with two attached hydrogens (primary N) is 1. The molecular formula is C19H26N5+. The molecule has 0 heterocycles. The normalized spacial score (nSPS) is 10.4. The van der Waals surface area contributed by atoms with Crippen LogP contribution in [0.5, 0.6) is 0 Å². The zero-order valence-corrected chi connectivity index (χ0v) is 14.3. The third kappa shape index (κ3) is 5.70. The minimum atomic E-state index is 0.763. The maximum Gasteiger partial charge on any atom is 0.117 e. The number of nitrogens with one attached hydrogen (secondary N) is 3. The van der Waals surface area contributed by atoms with Gasteiger partial charge >= 0.3 is 0 Å². The van der Waals surface area contributed by atoms with Crippen LogP contribution in [0.3, 0.4) is 0 Å². The van der Waals surface area contributed by atoms with E-state index < -0.39 is 0 Å². The van der Waals surface area contributed by atoms with E-state index in [0.29, 0.717) is 0 Å². The summed E-state index contributed by atoms with van der Waals surface area (Å²) in [6.07, 6.45) is 3.90. The second kappa shape index (κ2) is 9.27. The van der Waals surface area contributed by atoms with Gasteiger partial charge in [-0.1, -0.05) is 36.9 Å². The number of hydrogen-bond donors (Lipinski definition) is 4. The van der Waals surface area contributed by atoms with Gasteiger partial charge in [0.15, 0.2) is 0 Å². The largest absolute Gasteiger partial charge is 0.381 e. The summed E-state index contributed by atoms with van der Waals surface area (Å²) in [5.41, 5.74) is 9.54. The summed E-state index contributed by atoms with van der Waals surface area (Å²) in [5.74, 6) is 0.763. The first-order valence-corrected chi connectivity index (χ1v) is 7.97. The molecule has 0 unspecified atom stereocenters. The van der Waals surface area contributed by atoms with Gasteiger partial charge in [0.2, 0.25) is 0 Å². The molecule has 5 N–H and O–H groups in total. The molecule has 2 aromatic carbocycles.